The van der Waals surface area contributed by atoms with Crippen molar-refractivity contribution < 1.29 is 14.3 Å². The van der Waals surface area contributed by atoms with E-state index in [0.717, 1.165) is 90.2 Å². The standard InChI is InChI=1S/C19H32N4O3/c24-18-11-17(14-23(18)6-5-21-7-9-26-10-8-21)19(25)22-3-1-15-12-20-13-16(15)2-4-22/h15-17,20H,1-14H2/t15-,16+,17?. The summed E-state index contributed by atoms with van der Waals surface area (Å²) in [5.41, 5.74) is 0. The van der Waals surface area contributed by atoms with Crippen LogP contribution in [0.1, 0.15) is 19.3 Å². The molecule has 0 aromatic carbocycles. The highest BCUT2D eigenvalue weighted by Gasteiger charge is 2.38. The molecule has 7 heteroatoms. The fourth-order valence-corrected chi connectivity index (χ4v) is 4.94. The number of fused-ring (bicyclic) bond motifs is 1. The number of rotatable bonds is 4. The quantitative estimate of drug-likeness (QED) is 0.737. The average Bonchev–Trinajstić information content (AvgIpc) is 3.21. The van der Waals surface area contributed by atoms with Gasteiger partial charge in [0.25, 0.3) is 0 Å². The lowest BCUT2D eigenvalue weighted by Gasteiger charge is -2.28. The van der Waals surface area contributed by atoms with Crippen molar-refractivity contribution >= 4 is 11.8 Å². The van der Waals surface area contributed by atoms with Gasteiger partial charge >= 0.3 is 0 Å². The SMILES string of the molecule is O=C1CC(C(=O)N2CC[C@@H]3CNC[C@@H]3CC2)CN1CCN1CCOCC1. The number of likely N-dealkylation sites (tertiary alicyclic amines) is 2. The van der Waals surface area contributed by atoms with Crippen molar-refractivity contribution in [1.29, 1.82) is 0 Å². The third-order valence-electron chi connectivity index (χ3n) is 6.68. The predicted molar refractivity (Wildman–Crippen MR) is 97.6 cm³/mol. The smallest absolute Gasteiger partial charge is 0.227 e. The number of morpholine rings is 1. The van der Waals surface area contributed by atoms with Crippen LogP contribution in [0.4, 0.5) is 0 Å². The Labute approximate surface area is 156 Å². The molecule has 0 aliphatic carbocycles. The lowest BCUT2D eigenvalue weighted by molar-refractivity contribution is -0.135. The van der Waals surface area contributed by atoms with E-state index in [9.17, 15) is 9.59 Å². The van der Waals surface area contributed by atoms with Crippen molar-refractivity contribution in [3.05, 3.63) is 0 Å². The summed E-state index contributed by atoms with van der Waals surface area (Å²) in [6.07, 6.45) is 2.60. The molecule has 4 heterocycles. The third-order valence-corrected chi connectivity index (χ3v) is 6.68. The summed E-state index contributed by atoms with van der Waals surface area (Å²) >= 11 is 0. The van der Waals surface area contributed by atoms with Gasteiger partial charge in [-0.2, -0.15) is 0 Å². The summed E-state index contributed by atoms with van der Waals surface area (Å²) in [6.45, 7) is 9.59. The second-order valence-electron chi connectivity index (χ2n) is 8.28. The number of nitrogens with zero attached hydrogens (tertiary/aromatic N) is 3. The van der Waals surface area contributed by atoms with Gasteiger partial charge in [-0.25, -0.2) is 0 Å². The van der Waals surface area contributed by atoms with Crippen LogP contribution in [0, 0.1) is 17.8 Å². The second-order valence-corrected chi connectivity index (χ2v) is 8.28. The first kappa shape index (κ1) is 18.2. The van der Waals surface area contributed by atoms with Gasteiger partial charge in [-0.05, 0) is 37.8 Å². The summed E-state index contributed by atoms with van der Waals surface area (Å²) in [6, 6.07) is 0. The normalized spacial score (nSPS) is 33.4. The largest absolute Gasteiger partial charge is 0.379 e. The Morgan fingerprint density at radius 2 is 1.73 bits per heavy atom. The lowest BCUT2D eigenvalue weighted by atomic mass is 9.92. The Morgan fingerprint density at radius 1 is 1.04 bits per heavy atom. The summed E-state index contributed by atoms with van der Waals surface area (Å²) in [7, 11) is 0. The molecule has 0 radical (unpaired) electrons. The fraction of sp³-hybridized carbons (Fsp3) is 0.895. The van der Waals surface area contributed by atoms with Gasteiger partial charge in [-0.1, -0.05) is 0 Å². The molecule has 1 unspecified atom stereocenters. The summed E-state index contributed by atoms with van der Waals surface area (Å²) in [4.78, 5) is 31.6. The molecule has 4 rings (SSSR count). The molecule has 0 saturated carbocycles. The van der Waals surface area contributed by atoms with E-state index in [1.54, 1.807) is 0 Å². The van der Waals surface area contributed by atoms with Crippen LogP contribution in [0.3, 0.4) is 0 Å². The number of carbonyl (C=O) groups is 2. The van der Waals surface area contributed by atoms with Gasteiger partial charge in [0, 0.05) is 52.2 Å². The molecular weight excluding hydrogens is 332 g/mol. The zero-order valence-electron chi connectivity index (χ0n) is 15.7. The first-order valence-electron chi connectivity index (χ1n) is 10.3. The molecule has 4 aliphatic rings. The lowest BCUT2D eigenvalue weighted by Crippen LogP contribution is -2.42. The van der Waals surface area contributed by atoms with Gasteiger partial charge in [0.15, 0.2) is 0 Å². The second kappa shape index (κ2) is 8.23. The molecular formula is C19H32N4O3. The average molecular weight is 364 g/mol. The van der Waals surface area contributed by atoms with Gasteiger partial charge in [-0.3, -0.25) is 14.5 Å². The molecule has 1 N–H and O–H groups in total. The van der Waals surface area contributed by atoms with Crippen LogP contribution in [-0.4, -0.2) is 98.6 Å². The summed E-state index contributed by atoms with van der Waals surface area (Å²) < 4.78 is 5.37. The number of amides is 2. The highest BCUT2D eigenvalue weighted by atomic mass is 16.5. The van der Waals surface area contributed by atoms with E-state index in [2.05, 4.69) is 10.2 Å². The van der Waals surface area contributed by atoms with Crippen LogP contribution < -0.4 is 5.32 Å². The number of carbonyl (C=O) groups excluding carboxylic acids is 2. The van der Waals surface area contributed by atoms with E-state index in [1.165, 1.54) is 0 Å². The van der Waals surface area contributed by atoms with Crippen LogP contribution in [0.25, 0.3) is 0 Å². The minimum absolute atomic E-state index is 0.136. The zero-order valence-corrected chi connectivity index (χ0v) is 15.7. The Morgan fingerprint density at radius 3 is 2.42 bits per heavy atom. The molecule has 146 valence electrons. The van der Waals surface area contributed by atoms with Crippen molar-refractivity contribution in [2.24, 2.45) is 17.8 Å². The van der Waals surface area contributed by atoms with Crippen molar-refractivity contribution in [3.63, 3.8) is 0 Å². The maximum atomic E-state index is 13.0. The number of ether oxygens (including phenoxy) is 1. The number of hydrogen-bond acceptors (Lipinski definition) is 5. The van der Waals surface area contributed by atoms with Gasteiger partial charge in [0.1, 0.15) is 0 Å². The minimum Gasteiger partial charge on any atom is -0.379 e. The van der Waals surface area contributed by atoms with Crippen LogP contribution in [0.15, 0.2) is 0 Å². The van der Waals surface area contributed by atoms with E-state index in [1.807, 2.05) is 9.80 Å². The molecule has 4 aliphatic heterocycles. The molecule has 0 spiro atoms. The fourth-order valence-electron chi connectivity index (χ4n) is 4.94. The Kier molecular flexibility index (Phi) is 5.76. The molecule has 3 atom stereocenters. The zero-order chi connectivity index (χ0) is 17.9. The van der Waals surface area contributed by atoms with Crippen LogP contribution in [-0.2, 0) is 14.3 Å². The van der Waals surface area contributed by atoms with Crippen LogP contribution in [0.5, 0.6) is 0 Å². The van der Waals surface area contributed by atoms with Crippen LogP contribution >= 0.6 is 0 Å². The minimum atomic E-state index is -0.136. The van der Waals surface area contributed by atoms with E-state index >= 15 is 0 Å². The summed E-state index contributed by atoms with van der Waals surface area (Å²) in [5, 5.41) is 3.48. The third kappa shape index (κ3) is 4.05. The monoisotopic (exact) mass is 364 g/mol. The van der Waals surface area contributed by atoms with E-state index < -0.39 is 0 Å². The van der Waals surface area contributed by atoms with E-state index in [0.29, 0.717) is 13.0 Å². The molecule has 2 amide bonds. The maximum Gasteiger partial charge on any atom is 0.227 e. The Balaban J connectivity index is 1.26. The first-order chi connectivity index (χ1) is 12.7. The van der Waals surface area contributed by atoms with Gasteiger partial charge in [0.05, 0.1) is 19.1 Å². The van der Waals surface area contributed by atoms with E-state index in [4.69, 9.17) is 4.74 Å². The first-order valence-corrected chi connectivity index (χ1v) is 10.3. The topological polar surface area (TPSA) is 65.1 Å². The molecule has 0 aromatic rings. The molecule has 4 saturated heterocycles. The van der Waals surface area contributed by atoms with Gasteiger partial charge < -0.3 is 19.9 Å². The molecule has 0 bridgehead atoms. The Hall–Kier alpha value is -1.18. The summed E-state index contributed by atoms with van der Waals surface area (Å²) in [5.74, 6) is 1.67. The van der Waals surface area contributed by atoms with Crippen molar-refractivity contribution in [2.45, 2.75) is 19.3 Å². The molecule has 0 aromatic heterocycles. The van der Waals surface area contributed by atoms with Crippen molar-refractivity contribution in [2.75, 3.05) is 72.1 Å². The van der Waals surface area contributed by atoms with Crippen molar-refractivity contribution in [1.82, 2.24) is 20.0 Å². The maximum absolute atomic E-state index is 13.0. The number of nitrogens with one attached hydrogen (secondary N) is 1. The number of hydrogen-bond donors (Lipinski definition) is 1. The molecule has 4 fully saturated rings. The predicted octanol–water partition coefficient (Wildman–Crippen LogP) is -0.375. The highest BCUT2D eigenvalue weighted by molar-refractivity contribution is 5.89. The van der Waals surface area contributed by atoms with Gasteiger partial charge in [0.2, 0.25) is 11.8 Å². The molecule has 7 nitrogen and oxygen atoms in total. The Bertz CT molecular complexity index is 509. The van der Waals surface area contributed by atoms with Crippen molar-refractivity contribution in [3.8, 4) is 0 Å². The van der Waals surface area contributed by atoms with Crippen LogP contribution in [0.2, 0.25) is 0 Å². The van der Waals surface area contributed by atoms with E-state index in [-0.39, 0.29) is 17.7 Å². The highest BCUT2D eigenvalue weighted by Crippen LogP contribution is 2.29. The van der Waals surface area contributed by atoms with Gasteiger partial charge in [-0.15, -0.1) is 0 Å². The molecule has 26 heavy (non-hydrogen) atoms.